The van der Waals surface area contributed by atoms with Crippen LogP contribution >= 0.6 is 11.6 Å². The predicted octanol–water partition coefficient (Wildman–Crippen LogP) is 4.42. The molecule has 8 heteroatoms. The van der Waals surface area contributed by atoms with Crippen molar-refractivity contribution < 1.29 is 18.4 Å². The van der Waals surface area contributed by atoms with Crippen molar-refractivity contribution in [2.24, 2.45) is 0 Å². The van der Waals surface area contributed by atoms with Gasteiger partial charge in [-0.25, -0.2) is 4.39 Å². The Morgan fingerprint density at radius 1 is 1.30 bits per heavy atom. The molecule has 0 fully saturated rings. The molecule has 27 heavy (non-hydrogen) atoms. The van der Waals surface area contributed by atoms with Crippen molar-refractivity contribution in [3.8, 4) is 17.1 Å². The number of hydrogen-bond acceptors (Lipinski definition) is 5. The maximum Gasteiger partial charge on any atom is 0.227 e. The third-order valence-electron chi connectivity index (χ3n) is 3.89. The summed E-state index contributed by atoms with van der Waals surface area (Å²) in [4.78, 5) is 16.5. The maximum absolute atomic E-state index is 13.0. The van der Waals surface area contributed by atoms with Gasteiger partial charge in [-0.3, -0.25) is 4.79 Å². The number of aryl methyl sites for hydroxylation is 2. The van der Waals surface area contributed by atoms with E-state index < -0.39 is 0 Å². The normalized spacial score (nSPS) is 10.7. The molecule has 0 atom stereocenters. The molecule has 6 nitrogen and oxygen atoms in total. The van der Waals surface area contributed by atoms with Crippen LogP contribution in [0.5, 0.6) is 5.75 Å². The van der Waals surface area contributed by atoms with Gasteiger partial charge in [-0.05, 0) is 42.8 Å². The Balaban J connectivity index is 1.62. The minimum absolute atomic E-state index is 0.149. The van der Waals surface area contributed by atoms with Crippen LogP contribution in [0.3, 0.4) is 0 Å². The first kappa shape index (κ1) is 18.8. The zero-order valence-corrected chi connectivity index (χ0v) is 15.5. The third kappa shape index (κ3) is 4.62. The van der Waals surface area contributed by atoms with Crippen LogP contribution < -0.4 is 10.1 Å². The summed E-state index contributed by atoms with van der Waals surface area (Å²) in [6, 6.07) is 9.16. The number of anilines is 1. The summed E-state index contributed by atoms with van der Waals surface area (Å²) in [6.45, 7) is 1.84. The molecule has 0 saturated heterocycles. The summed E-state index contributed by atoms with van der Waals surface area (Å²) in [6.07, 6.45) is 0.421. The van der Waals surface area contributed by atoms with Gasteiger partial charge in [0.15, 0.2) is 0 Å². The number of carbonyl (C=O) groups excluding carboxylic acids is 1. The molecule has 1 amide bonds. The van der Waals surface area contributed by atoms with Crippen molar-refractivity contribution in [1.29, 1.82) is 0 Å². The van der Waals surface area contributed by atoms with E-state index in [2.05, 4.69) is 15.5 Å². The van der Waals surface area contributed by atoms with Gasteiger partial charge in [0.25, 0.3) is 0 Å². The minimum Gasteiger partial charge on any atom is -0.495 e. The summed E-state index contributed by atoms with van der Waals surface area (Å²) in [7, 11) is 1.51. The van der Waals surface area contributed by atoms with E-state index in [1.807, 2.05) is 6.92 Å². The Kier molecular flexibility index (Phi) is 5.71. The summed E-state index contributed by atoms with van der Waals surface area (Å²) in [5.41, 5.74) is 2.01. The molecule has 0 bridgehead atoms. The smallest absolute Gasteiger partial charge is 0.227 e. The first-order valence-electron chi connectivity index (χ1n) is 8.19. The standard InChI is InChI=1S/C19H17ClFN3O3/c1-11-9-15(16(26-2)10-14(11)20)22-17(25)7-8-18-23-19(24-27-18)12-3-5-13(21)6-4-12/h3-6,9-10H,7-8H2,1-2H3,(H,22,25). The number of benzene rings is 2. The number of ether oxygens (including phenoxy) is 1. The molecule has 3 rings (SSSR count). The lowest BCUT2D eigenvalue weighted by atomic mass is 10.2. The Labute approximate surface area is 160 Å². The molecule has 0 unspecified atom stereocenters. The number of carbonyl (C=O) groups is 1. The average molecular weight is 390 g/mol. The fourth-order valence-corrected chi connectivity index (χ4v) is 2.59. The predicted molar refractivity (Wildman–Crippen MR) is 99.4 cm³/mol. The number of aromatic nitrogens is 2. The minimum atomic E-state index is -0.341. The summed E-state index contributed by atoms with van der Waals surface area (Å²) in [5, 5.41) is 7.20. The highest BCUT2D eigenvalue weighted by Gasteiger charge is 2.13. The van der Waals surface area contributed by atoms with E-state index in [-0.39, 0.29) is 24.6 Å². The molecule has 1 aromatic heterocycles. The Hall–Kier alpha value is -2.93. The van der Waals surface area contributed by atoms with Gasteiger partial charge in [0.05, 0.1) is 12.8 Å². The van der Waals surface area contributed by atoms with Crippen LogP contribution in [0.2, 0.25) is 5.02 Å². The third-order valence-corrected chi connectivity index (χ3v) is 4.30. The number of amides is 1. The second-order valence-electron chi connectivity index (χ2n) is 5.87. The molecule has 0 radical (unpaired) electrons. The summed E-state index contributed by atoms with van der Waals surface area (Å²) in [5.74, 6) is 0.586. The largest absolute Gasteiger partial charge is 0.495 e. The van der Waals surface area contributed by atoms with E-state index in [4.69, 9.17) is 20.9 Å². The van der Waals surface area contributed by atoms with Gasteiger partial charge in [0.2, 0.25) is 17.6 Å². The Morgan fingerprint density at radius 2 is 2.04 bits per heavy atom. The molecule has 1 heterocycles. The van der Waals surface area contributed by atoms with Gasteiger partial charge in [-0.1, -0.05) is 16.8 Å². The van der Waals surface area contributed by atoms with Gasteiger partial charge < -0.3 is 14.6 Å². The molecule has 2 aromatic carbocycles. The second-order valence-corrected chi connectivity index (χ2v) is 6.28. The van der Waals surface area contributed by atoms with Crippen molar-refractivity contribution in [3.63, 3.8) is 0 Å². The van der Waals surface area contributed by atoms with Gasteiger partial charge >= 0.3 is 0 Å². The van der Waals surface area contributed by atoms with Gasteiger partial charge in [0, 0.05) is 29.5 Å². The number of rotatable bonds is 6. The zero-order valence-electron chi connectivity index (χ0n) is 14.8. The van der Waals surface area contributed by atoms with Crippen molar-refractivity contribution in [2.45, 2.75) is 19.8 Å². The van der Waals surface area contributed by atoms with Crippen molar-refractivity contribution >= 4 is 23.2 Å². The average Bonchev–Trinajstić information content (AvgIpc) is 3.12. The van der Waals surface area contributed by atoms with Crippen LogP contribution in [0.25, 0.3) is 11.4 Å². The fourth-order valence-electron chi connectivity index (χ4n) is 2.44. The highest BCUT2D eigenvalue weighted by molar-refractivity contribution is 6.31. The number of nitrogens with one attached hydrogen (secondary N) is 1. The van der Waals surface area contributed by atoms with Gasteiger partial charge in [-0.2, -0.15) is 4.98 Å². The van der Waals surface area contributed by atoms with Crippen LogP contribution in [-0.4, -0.2) is 23.2 Å². The van der Waals surface area contributed by atoms with E-state index in [1.165, 1.54) is 19.2 Å². The second kappa shape index (κ2) is 8.18. The molecule has 0 aliphatic heterocycles. The molecule has 0 aliphatic carbocycles. The molecule has 3 aromatic rings. The lowest BCUT2D eigenvalue weighted by Gasteiger charge is -2.12. The van der Waals surface area contributed by atoms with Crippen LogP contribution in [0.15, 0.2) is 40.9 Å². The number of hydrogen-bond donors (Lipinski definition) is 1. The molecule has 0 spiro atoms. The van der Waals surface area contributed by atoms with Crippen molar-refractivity contribution in [1.82, 2.24) is 10.1 Å². The lowest BCUT2D eigenvalue weighted by Crippen LogP contribution is -2.13. The SMILES string of the molecule is COc1cc(Cl)c(C)cc1NC(=O)CCc1nc(-c2ccc(F)cc2)no1. The van der Waals surface area contributed by atoms with Gasteiger partial charge in [0.1, 0.15) is 11.6 Å². The van der Waals surface area contributed by atoms with E-state index in [9.17, 15) is 9.18 Å². The van der Waals surface area contributed by atoms with Crippen molar-refractivity contribution in [2.75, 3.05) is 12.4 Å². The quantitative estimate of drug-likeness (QED) is 0.675. The number of methoxy groups -OCH3 is 1. The molecular formula is C19H17ClFN3O3. The van der Waals surface area contributed by atoms with E-state index in [0.29, 0.717) is 33.7 Å². The number of nitrogens with zero attached hydrogens (tertiary/aromatic N) is 2. The molecule has 1 N–H and O–H groups in total. The van der Waals surface area contributed by atoms with Crippen molar-refractivity contribution in [3.05, 3.63) is 58.7 Å². The fraction of sp³-hybridized carbons (Fsp3) is 0.211. The first-order valence-corrected chi connectivity index (χ1v) is 8.56. The maximum atomic E-state index is 13.0. The van der Waals surface area contributed by atoms with Crippen LogP contribution in [0.1, 0.15) is 17.9 Å². The van der Waals surface area contributed by atoms with E-state index in [1.54, 1.807) is 24.3 Å². The Bertz CT molecular complexity index is 957. The van der Waals surface area contributed by atoms with Gasteiger partial charge in [-0.15, -0.1) is 0 Å². The summed E-state index contributed by atoms with van der Waals surface area (Å²) >= 11 is 6.06. The molecule has 0 aliphatic rings. The number of halogens is 2. The monoisotopic (exact) mass is 389 g/mol. The zero-order chi connectivity index (χ0) is 19.4. The Morgan fingerprint density at radius 3 is 2.74 bits per heavy atom. The topological polar surface area (TPSA) is 77.2 Å². The molecule has 0 saturated carbocycles. The molecule has 140 valence electrons. The van der Waals surface area contributed by atoms with E-state index in [0.717, 1.165) is 5.56 Å². The highest BCUT2D eigenvalue weighted by atomic mass is 35.5. The van der Waals surface area contributed by atoms with E-state index >= 15 is 0 Å². The summed E-state index contributed by atoms with van der Waals surface area (Å²) < 4.78 is 23.4. The van der Waals surface area contributed by atoms with Crippen LogP contribution in [0, 0.1) is 12.7 Å². The lowest BCUT2D eigenvalue weighted by molar-refractivity contribution is -0.116. The van der Waals surface area contributed by atoms with Crippen LogP contribution in [-0.2, 0) is 11.2 Å². The van der Waals surface area contributed by atoms with Crippen LogP contribution in [0.4, 0.5) is 10.1 Å². The molecular weight excluding hydrogens is 373 g/mol. The first-order chi connectivity index (χ1) is 13.0. The highest BCUT2D eigenvalue weighted by Crippen LogP contribution is 2.31.